The lowest BCUT2D eigenvalue weighted by molar-refractivity contribution is -0.304. The minimum atomic E-state index is -0.468. The van der Waals surface area contributed by atoms with Gasteiger partial charge in [0.25, 0.3) is 5.91 Å². The predicted molar refractivity (Wildman–Crippen MR) is 95.9 cm³/mol. The molecule has 5 rings (SSSR count). The maximum atomic E-state index is 13.0. The van der Waals surface area contributed by atoms with Gasteiger partial charge in [-0.1, -0.05) is 48.5 Å². The quantitative estimate of drug-likeness (QED) is 0.780. The predicted octanol–water partition coefficient (Wildman–Crippen LogP) is 2.37. The fourth-order valence-electron chi connectivity index (χ4n) is 4.11. The Bertz CT molecular complexity index is 814. The highest BCUT2D eigenvalue weighted by Crippen LogP contribution is 2.46. The number of hydrogen-bond acceptors (Lipinski definition) is 5. The molecule has 6 heteroatoms. The zero-order chi connectivity index (χ0) is 18.4. The van der Waals surface area contributed by atoms with Crippen LogP contribution in [0, 0.1) is 0 Å². The molecule has 0 aliphatic carbocycles. The highest BCUT2D eigenvalue weighted by molar-refractivity contribution is 5.96. The minimum absolute atomic E-state index is 0.0248. The van der Waals surface area contributed by atoms with Crippen molar-refractivity contribution in [2.75, 3.05) is 13.7 Å². The van der Waals surface area contributed by atoms with Crippen LogP contribution < -0.4 is 0 Å². The molecule has 2 aromatic carbocycles. The van der Waals surface area contributed by atoms with Crippen LogP contribution >= 0.6 is 0 Å². The first-order chi connectivity index (χ1) is 13.3. The molecule has 1 unspecified atom stereocenters. The van der Waals surface area contributed by atoms with Crippen molar-refractivity contribution in [3.05, 3.63) is 71.8 Å². The largest absolute Gasteiger partial charge is 0.354 e. The number of carbonyl (C=O) groups is 1. The number of amides is 1. The highest BCUT2D eigenvalue weighted by Gasteiger charge is 2.66. The van der Waals surface area contributed by atoms with Crippen LogP contribution in [0.25, 0.3) is 0 Å². The first-order valence-corrected chi connectivity index (χ1v) is 9.16. The molecule has 6 nitrogen and oxygen atoms in total. The van der Waals surface area contributed by atoms with Gasteiger partial charge in [0.1, 0.15) is 18.2 Å². The third-order valence-corrected chi connectivity index (χ3v) is 5.45. The minimum Gasteiger partial charge on any atom is -0.354 e. The van der Waals surface area contributed by atoms with E-state index in [2.05, 4.69) is 0 Å². The van der Waals surface area contributed by atoms with E-state index in [-0.39, 0.29) is 30.2 Å². The van der Waals surface area contributed by atoms with E-state index < -0.39 is 12.6 Å². The highest BCUT2D eigenvalue weighted by atomic mass is 16.7. The van der Waals surface area contributed by atoms with E-state index >= 15 is 0 Å². The molecule has 6 atom stereocenters. The second kappa shape index (κ2) is 6.73. The van der Waals surface area contributed by atoms with Crippen LogP contribution in [-0.2, 0) is 18.9 Å². The Morgan fingerprint density at radius 1 is 1.00 bits per heavy atom. The number of rotatable bonds is 3. The number of benzene rings is 2. The van der Waals surface area contributed by atoms with Gasteiger partial charge >= 0.3 is 0 Å². The molecule has 3 aliphatic rings. The second-order valence-corrected chi connectivity index (χ2v) is 7.01. The summed E-state index contributed by atoms with van der Waals surface area (Å²) in [4.78, 5) is 14.8. The summed E-state index contributed by atoms with van der Waals surface area (Å²) in [6, 6.07) is 18.9. The van der Waals surface area contributed by atoms with Crippen molar-refractivity contribution in [1.29, 1.82) is 0 Å². The number of hydrogen-bond donors (Lipinski definition) is 0. The van der Waals surface area contributed by atoms with E-state index in [9.17, 15) is 4.79 Å². The molecule has 1 amide bonds. The molecule has 0 saturated carbocycles. The number of methoxy groups -OCH3 is 1. The molecule has 0 bridgehead atoms. The van der Waals surface area contributed by atoms with Gasteiger partial charge in [-0.05, 0) is 12.1 Å². The van der Waals surface area contributed by atoms with Gasteiger partial charge in [-0.3, -0.25) is 4.79 Å². The molecule has 3 heterocycles. The first-order valence-electron chi connectivity index (χ1n) is 9.16. The van der Waals surface area contributed by atoms with E-state index in [0.717, 1.165) is 5.56 Å². The summed E-state index contributed by atoms with van der Waals surface area (Å²) in [6.07, 6.45) is -1.42. The monoisotopic (exact) mass is 367 g/mol. The molecule has 0 spiro atoms. The van der Waals surface area contributed by atoms with Gasteiger partial charge in [0.2, 0.25) is 0 Å². The summed E-state index contributed by atoms with van der Waals surface area (Å²) in [6.45, 7) is 0.403. The zero-order valence-electron chi connectivity index (χ0n) is 14.9. The van der Waals surface area contributed by atoms with Gasteiger partial charge in [0.05, 0.1) is 12.6 Å². The maximum Gasteiger partial charge on any atom is 0.254 e. The van der Waals surface area contributed by atoms with Crippen molar-refractivity contribution >= 4 is 5.91 Å². The van der Waals surface area contributed by atoms with Crippen LogP contribution in [-0.4, -0.2) is 55.1 Å². The van der Waals surface area contributed by atoms with E-state index in [1.165, 1.54) is 0 Å². The van der Waals surface area contributed by atoms with Crippen LogP contribution in [0.15, 0.2) is 60.7 Å². The molecule has 0 N–H and O–H groups in total. The van der Waals surface area contributed by atoms with E-state index in [4.69, 9.17) is 18.9 Å². The third-order valence-electron chi connectivity index (χ3n) is 5.45. The summed E-state index contributed by atoms with van der Waals surface area (Å²) >= 11 is 0. The fraction of sp³-hybridized carbons (Fsp3) is 0.381. The zero-order valence-corrected chi connectivity index (χ0v) is 14.9. The Balaban J connectivity index is 1.39. The van der Waals surface area contributed by atoms with Crippen molar-refractivity contribution < 1.29 is 23.7 Å². The van der Waals surface area contributed by atoms with Crippen molar-refractivity contribution in [2.45, 2.75) is 36.9 Å². The van der Waals surface area contributed by atoms with E-state index in [1.54, 1.807) is 7.11 Å². The lowest BCUT2D eigenvalue weighted by Crippen LogP contribution is -2.52. The number of nitrogens with zero attached hydrogens (tertiary/aromatic N) is 1. The van der Waals surface area contributed by atoms with Gasteiger partial charge in [-0.15, -0.1) is 0 Å². The van der Waals surface area contributed by atoms with E-state index in [0.29, 0.717) is 12.2 Å². The summed E-state index contributed by atoms with van der Waals surface area (Å²) in [5.74, 6) is -0.0248. The molecule has 2 aromatic rings. The number of ether oxygens (including phenoxy) is 4. The van der Waals surface area contributed by atoms with Crippen LogP contribution in [0.2, 0.25) is 0 Å². The SMILES string of the molecule is CO[C@@H]1O[C@@H]2COC(c3ccccc3)O[C@H]2[C@@H]2[C@H]1N2C(=O)c1ccccc1. The smallest absolute Gasteiger partial charge is 0.254 e. The van der Waals surface area contributed by atoms with Gasteiger partial charge < -0.3 is 23.8 Å². The molecular formula is C21H21NO5. The Hall–Kier alpha value is -2.25. The average Bonchev–Trinajstić information content (AvgIpc) is 3.49. The van der Waals surface area contributed by atoms with Crippen LogP contribution in [0.1, 0.15) is 22.2 Å². The summed E-state index contributed by atoms with van der Waals surface area (Å²) in [7, 11) is 1.60. The molecule has 3 aliphatic heterocycles. The normalized spacial score (nSPS) is 34.5. The first kappa shape index (κ1) is 16.9. The standard InChI is InChI=1S/C21H21NO5/c1-24-21-17-16(22(17)19(23)13-8-4-2-5-9-13)18-15(26-21)12-25-20(27-18)14-10-6-3-7-11-14/h2-11,15-18,20-21H,12H2,1H3/t15-,16+,17-,18-,20?,21-,22?/m1/s1. The van der Waals surface area contributed by atoms with Crippen molar-refractivity contribution in [1.82, 2.24) is 4.90 Å². The number of carbonyl (C=O) groups excluding carboxylic acids is 1. The van der Waals surface area contributed by atoms with Crippen molar-refractivity contribution in [2.24, 2.45) is 0 Å². The lowest BCUT2D eigenvalue weighted by atomic mass is 10.0. The molecule has 0 aromatic heterocycles. The van der Waals surface area contributed by atoms with Gasteiger partial charge in [-0.2, -0.15) is 0 Å². The molecule has 140 valence electrons. The Morgan fingerprint density at radius 3 is 2.41 bits per heavy atom. The van der Waals surface area contributed by atoms with Crippen molar-refractivity contribution in [3.63, 3.8) is 0 Å². The average molecular weight is 367 g/mol. The Labute approximate surface area is 157 Å². The second-order valence-electron chi connectivity index (χ2n) is 7.01. The molecule has 3 fully saturated rings. The number of fused-ring (bicyclic) bond motifs is 3. The van der Waals surface area contributed by atoms with Crippen molar-refractivity contribution in [3.8, 4) is 0 Å². The van der Waals surface area contributed by atoms with Gasteiger partial charge in [-0.25, -0.2) is 0 Å². The molecule has 27 heavy (non-hydrogen) atoms. The summed E-state index contributed by atoms with van der Waals surface area (Å²) < 4.78 is 23.6. The summed E-state index contributed by atoms with van der Waals surface area (Å²) in [5.41, 5.74) is 1.62. The summed E-state index contributed by atoms with van der Waals surface area (Å²) in [5, 5.41) is 0. The molecular weight excluding hydrogens is 346 g/mol. The Kier molecular flexibility index (Phi) is 4.21. The van der Waals surface area contributed by atoms with Crippen LogP contribution in [0.5, 0.6) is 0 Å². The van der Waals surface area contributed by atoms with Gasteiger partial charge in [0, 0.05) is 18.2 Å². The van der Waals surface area contributed by atoms with Gasteiger partial charge in [0.15, 0.2) is 12.6 Å². The topological polar surface area (TPSA) is 57.0 Å². The lowest BCUT2D eigenvalue weighted by Gasteiger charge is -2.39. The van der Waals surface area contributed by atoms with Crippen LogP contribution in [0.3, 0.4) is 0 Å². The molecule has 3 saturated heterocycles. The van der Waals surface area contributed by atoms with Crippen LogP contribution in [0.4, 0.5) is 0 Å². The van der Waals surface area contributed by atoms with E-state index in [1.807, 2.05) is 65.6 Å². The Morgan fingerprint density at radius 2 is 1.70 bits per heavy atom. The third kappa shape index (κ3) is 2.85. The maximum absolute atomic E-state index is 13.0. The fourth-order valence-corrected chi connectivity index (χ4v) is 4.11. The molecule has 0 radical (unpaired) electrons.